The van der Waals surface area contributed by atoms with E-state index in [1.807, 2.05) is 5.01 Å². The Morgan fingerprint density at radius 1 is 1.00 bits per heavy atom. The molecule has 0 unspecified atom stereocenters. The molecule has 1 N–H and O–H groups in total. The van der Waals surface area contributed by atoms with Crippen LogP contribution in [0.4, 0.5) is 5.95 Å². The number of aromatic nitrogens is 2. The summed E-state index contributed by atoms with van der Waals surface area (Å²) in [7, 11) is 0. The fourth-order valence-electron chi connectivity index (χ4n) is 3.49. The van der Waals surface area contributed by atoms with E-state index >= 15 is 0 Å². The van der Waals surface area contributed by atoms with E-state index in [2.05, 4.69) is 26.6 Å². The first kappa shape index (κ1) is 19.8. The predicted octanol–water partition coefficient (Wildman–Crippen LogP) is 0.671. The predicted molar refractivity (Wildman–Crippen MR) is 115 cm³/mol. The molecule has 2 aliphatic heterocycles. The molecule has 11 heteroatoms. The van der Waals surface area contributed by atoms with Crippen LogP contribution in [0.1, 0.15) is 11.3 Å². The zero-order valence-corrected chi connectivity index (χ0v) is 16.8. The van der Waals surface area contributed by atoms with Gasteiger partial charge >= 0.3 is 5.63 Å². The monoisotopic (exact) mass is 432 g/mol. The lowest BCUT2D eigenvalue weighted by Gasteiger charge is -2.45. The molecule has 5 heterocycles. The van der Waals surface area contributed by atoms with Gasteiger partial charge in [-0.05, 0) is 18.2 Å². The second kappa shape index (κ2) is 8.57. The molecule has 3 aromatic rings. The minimum Gasteiger partial charge on any atom is -0.462 e. The highest BCUT2D eigenvalue weighted by Crippen LogP contribution is 2.34. The molecule has 1 radical (unpaired) electrons. The van der Waals surface area contributed by atoms with Gasteiger partial charge in [-0.1, -0.05) is 0 Å². The number of hydrazine groups is 2. The summed E-state index contributed by atoms with van der Waals surface area (Å²) in [4.78, 5) is 37.9. The van der Waals surface area contributed by atoms with Gasteiger partial charge < -0.3 is 14.2 Å². The van der Waals surface area contributed by atoms with Gasteiger partial charge in [0.05, 0.1) is 18.1 Å². The van der Waals surface area contributed by atoms with Crippen LogP contribution in [0, 0.1) is 0 Å². The average molecular weight is 432 g/mol. The zero-order chi connectivity index (χ0) is 21.9. The highest BCUT2D eigenvalue weighted by molar-refractivity contribution is 5.97. The van der Waals surface area contributed by atoms with Gasteiger partial charge in [0.1, 0.15) is 11.4 Å². The number of hydrogen-bond acceptors (Lipinski definition) is 11. The topological polar surface area (TPSA) is 120 Å². The van der Waals surface area contributed by atoms with E-state index in [0.717, 1.165) is 13.1 Å². The Morgan fingerprint density at radius 2 is 1.81 bits per heavy atom. The molecule has 0 spiro atoms. The van der Waals surface area contributed by atoms with Crippen molar-refractivity contribution in [2.75, 3.05) is 31.2 Å². The lowest BCUT2D eigenvalue weighted by atomic mass is 10.1. The van der Waals surface area contributed by atoms with Crippen LogP contribution in [0.25, 0.3) is 11.4 Å². The molecule has 11 nitrogen and oxygen atoms in total. The van der Waals surface area contributed by atoms with Crippen molar-refractivity contribution in [3.05, 3.63) is 87.2 Å². The number of nitrogens with zero attached hydrogens (tertiary/aromatic N) is 6. The molecule has 3 aromatic heterocycles. The summed E-state index contributed by atoms with van der Waals surface area (Å²) in [5.41, 5.74) is 0.0350. The van der Waals surface area contributed by atoms with E-state index in [4.69, 9.17) is 8.83 Å². The maximum atomic E-state index is 12.8. The molecule has 2 aliphatic rings. The molecule has 1 fully saturated rings. The van der Waals surface area contributed by atoms with Crippen molar-refractivity contribution in [3.8, 4) is 0 Å². The van der Waals surface area contributed by atoms with Gasteiger partial charge in [-0.15, -0.1) is 0 Å². The van der Waals surface area contributed by atoms with Crippen LogP contribution in [-0.4, -0.2) is 52.6 Å². The van der Waals surface area contributed by atoms with E-state index in [9.17, 15) is 9.59 Å². The molecule has 0 aliphatic carbocycles. The van der Waals surface area contributed by atoms with E-state index in [-0.39, 0.29) is 22.4 Å². The second-order valence-corrected chi connectivity index (χ2v) is 6.91. The Hall–Kier alpha value is -4.09. The van der Waals surface area contributed by atoms with Crippen LogP contribution in [0.15, 0.2) is 78.7 Å². The summed E-state index contributed by atoms with van der Waals surface area (Å²) < 4.78 is 10.7. The van der Waals surface area contributed by atoms with Crippen molar-refractivity contribution < 1.29 is 8.83 Å². The van der Waals surface area contributed by atoms with Crippen LogP contribution in [0.2, 0.25) is 0 Å². The lowest BCUT2D eigenvalue weighted by Crippen LogP contribution is -2.59. The summed E-state index contributed by atoms with van der Waals surface area (Å²) >= 11 is 0. The van der Waals surface area contributed by atoms with Crippen molar-refractivity contribution in [1.29, 1.82) is 0 Å². The van der Waals surface area contributed by atoms with Gasteiger partial charge in [-0.2, -0.15) is 10.0 Å². The first-order valence-corrected chi connectivity index (χ1v) is 9.93. The van der Waals surface area contributed by atoms with E-state index < -0.39 is 5.63 Å². The van der Waals surface area contributed by atoms with E-state index in [0.29, 0.717) is 24.7 Å². The van der Waals surface area contributed by atoms with Crippen molar-refractivity contribution >= 4 is 23.7 Å². The van der Waals surface area contributed by atoms with Crippen molar-refractivity contribution in [2.45, 2.75) is 0 Å². The first-order valence-electron chi connectivity index (χ1n) is 9.93. The van der Waals surface area contributed by atoms with Gasteiger partial charge in [0.25, 0.3) is 5.95 Å². The number of anilines is 1. The quantitative estimate of drug-likeness (QED) is 0.630. The van der Waals surface area contributed by atoms with Gasteiger partial charge in [0.2, 0.25) is 6.34 Å². The third kappa shape index (κ3) is 3.70. The number of nitrogens with one attached hydrogen (secondary N) is 1. The molecule has 161 valence electrons. The van der Waals surface area contributed by atoms with Crippen LogP contribution < -0.4 is 21.4 Å². The van der Waals surface area contributed by atoms with Gasteiger partial charge in [0.15, 0.2) is 11.2 Å². The molecule has 5 rings (SSSR count). The van der Waals surface area contributed by atoms with Crippen molar-refractivity contribution in [3.63, 3.8) is 0 Å². The highest BCUT2D eigenvalue weighted by Gasteiger charge is 2.36. The molecular formula is C21H18N7O4. The number of aliphatic imine (C=N–C) groups is 1. The van der Waals surface area contributed by atoms with Gasteiger partial charge in [-0.25, -0.2) is 24.9 Å². The SMILES string of the molecule is O=c1ccoc(C2=C(c3cccoc3=O)N(N3CCNCC3)N(c3ncccn3)[C]=N2)c1. The average Bonchev–Trinajstić information content (AvgIpc) is 2.85. The standard InChI is InChI=1S/C21H18N7O4/c29-15-4-12-31-17(13-15)18-19(16-3-1-11-32-20(16)30)28(26-9-7-22-8-10-26)27(14-25-18)21-23-5-2-6-24-21/h1-6,11-13,22H,7-10H2. The van der Waals surface area contributed by atoms with E-state index in [1.54, 1.807) is 35.7 Å². The third-order valence-electron chi connectivity index (χ3n) is 4.90. The maximum absolute atomic E-state index is 12.8. The molecule has 32 heavy (non-hydrogen) atoms. The van der Waals surface area contributed by atoms with Crippen LogP contribution in [-0.2, 0) is 0 Å². The zero-order valence-electron chi connectivity index (χ0n) is 16.8. The lowest BCUT2D eigenvalue weighted by molar-refractivity contribution is 0.0232. The summed E-state index contributed by atoms with van der Waals surface area (Å²) in [5.74, 6) is 0.498. The van der Waals surface area contributed by atoms with E-state index in [1.165, 1.54) is 29.7 Å². The Balaban J connectivity index is 1.77. The largest absolute Gasteiger partial charge is 0.462 e. The minimum absolute atomic E-state index is 0.192. The number of piperazine rings is 1. The maximum Gasteiger partial charge on any atom is 0.345 e. The van der Waals surface area contributed by atoms with Crippen LogP contribution in [0.5, 0.6) is 0 Å². The first-order chi connectivity index (χ1) is 15.7. The second-order valence-electron chi connectivity index (χ2n) is 6.91. The number of rotatable bonds is 4. The van der Waals surface area contributed by atoms with Crippen molar-refractivity contribution in [1.82, 2.24) is 25.4 Å². The normalized spacial score (nSPS) is 17.1. The van der Waals surface area contributed by atoms with Gasteiger partial charge in [0, 0.05) is 50.7 Å². The molecule has 0 aromatic carbocycles. The molecule has 0 saturated carbocycles. The Kier molecular flexibility index (Phi) is 5.32. The summed E-state index contributed by atoms with van der Waals surface area (Å²) in [5, 5.41) is 8.58. The van der Waals surface area contributed by atoms with Crippen LogP contribution in [0.3, 0.4) is 0 Å². The summed E-state index contributed by atoms with van der Waals surface area (Å²) in [6, 6.07) is 7.56. The third-order valence-corrected chi connectivity index (χ3v) is 4.90. The van der Waals surface area contributed by atoms with Crippen LogP contribution >= 0.6 is 0 Å². The Bertz CT molecular complexity index is 1280. The molecule has 0 atom stereocenters. The van der Waals surface area contributed by atoms with Crippen molar-refractivity contribution in [2.24, 2.45) is 4.99 Å². The summed E-state index contributed by atoms with van der Waals surface area (Å²) in [6.07, 6.45) is 8.71. The Morgan fingerprint density at radius 3 is 2.56 bits per heavy atom. The molecular weight excluding hydrogens is 414 g/mol. The summed E-state index contributed by atoms with van der Waals surface area (Å²) in [6.45, 7) is 2.70. The Labute approximate surface area is 181 Å². The molecule has 1 saturated heterocycles. The minimum atomic E-state index is -0.565. The highest BCUT2D eigenvalue weighted by atomic mass is 16.4. The fourth-order valence-corrected chi connectivity index (χ4v) is 3.49. The smallest absolute Gasteiger partial charge is 0.345 e. The number of hydrogen-bond donors (Lipinski definition) is 1. The molecule has 0 bridgehead atoms. The van der Waals surface area contributed by atoms with Gasteiger partial charge in [-0.3, -0.25) is 4.79 Å². The molecule has 0 amide bonds. The fraction of sp³-hybridized carbons (Fsp3) is 0.190.